The molecule has 7 rings (SSSR count). The van der Waals surface area contributed by atoms with Gasteiger partial charge in [-0.25, -0.2) is 0 Å². The first kappa shape index (κ1) is 25.2. The molecule has 4 aliphatic rings. The zero-order valence-corrected chi connectivity index (χ0v) is 23.6. The minimum Gasteiger partial charge on any atom is -0.507 e. The Morgan fingerprint density at radius 2 is 1.55 bits per heavy atom. The van der Waals surface area contributed by atoms with Crippen LogP contribution in [0, 0.1) is 24.7 Å². The van der Waals surface area contributed by atoms with Crippen LogP contribution in [0.3, 0.4) is 0 Å². The number of aromatic hydroxyl groups is 1. The molecule has 4 saturated carbocycles. The molecule has 0 amide bonds. The van der Waals surface area contributed by atoms with Gasteiger partial charge in [-0.3, -0.25) is 4.99 Å². The fourth-order valence-electron chi connectivity index (χ4n) is 8.09. The Hall–Kier alpha value is -3.07. The van der Waals surface area contributed by atoms with Crippen molar-refractivity contribution in [1.29, 1.82) is 0 Å². The highest BCUT2D eigenvalue weighted by atomic mass is 16.5. The molecular formula is C35H41NO2. The van der Waals surface area contributed by atoms with Gasteiger partial charge in [-0.05, 0) is 109 Å². The molecule has 3 aromatic rings. The van der Waals surface area contributed by atoms with E-state index in [1.165, 1.54) is 55.2 Å². The number of ether oxygens (including phenoxy) is 1. The summed E-state index contributed by atoms with van der Waals surface area (Å²) in [7, 11) is 1.71. The predicted octanol–water partition coefficient (Wildman–Crippen LogP) is 8.89. The third-order valence-electron chi connectivity index (χ3n) is 9.50. The van der Waals surface area contributed by atoms with Crippen LogP contribution in [0.1, 0.15) is 81.5 Å². The normalized spacial score (nSPS) is 26.3. The van der Waals surface area contributed by atoms with Gasteiger partial charge >= 0.3 is 0 Å². The fourth-order valence-corrected chi connectivity index (χ4v) is 8.09. The molecule has 1 N–H and O–H groups in total. The Balaban J connectivity index is 1.42. The molecule has 3 heteroatoms. The van der Waals surface area contributed by atoms with E-state index in [0.29, 0.717) is 5.75 Å². The van der Waals surface area contributed by atoms with Crippen LogP contribution in [-0.2, 0) is 10.8 Å². The SMILES string of the molecule is COc1ccccc1-c1cc(C(C)(C)C)ccc1N=Cc1cc(C)cc(C23CC4CC(CC(C4)C2)C3)c1O. The van der Waals surface area contributed by atoms with Crippen molar-refractivity contribution in [3.63, 3.8) is 0 Å². The van der Waals surface area contributed by atoms with Crippen molar-refractivity contribution in [1.82, 2.24) is 0 Å². The zero-order chi connectivity index (χ0) is 26.7. The van der Waals surface area contributed by atoms with Crippen molar-refractivity contribution in [2.45, 2.75) is 77.0 Å². The van der Waals surface area contributed by atoms with E-state index in [1.807, 2.05) is 24.4 Å². The van der Waals surface area contributed by atoms with Crippen LogP contribution < -0.4 is 4.74 Å². The topological polar surface area (TPSA) is 41.8 Å². The third kappa shape index (κ3) is 4.44. The quantitative estimate of drug-likeness (QED) is 0.350. The molecule has 0 saturated heterocycles. The maximum Gasteiger partial charge on any atom is 0.128 e. The van der Waals surface area contributed by atoms with Crippen molar-refractivity contribution in [2.75, 3.05) is 7.11 Å². The van der Waals surface area contributed by atoms with Gasteiger partial charge in [-0.1, -0.05) is 51.1 Å². The first-order valence-corrected chi connectivity index (χ1v) is 14.3. The second-order valence-corrected chi connectivity index (χ2v) is 13.4. The molecule has 198 valence electrons. The number of aryl methyl sites for hydroxylation is 1. The van der Waals surface area contributed by atoms with Crippen LogP contribution in [0.15, 0.2) is 59.6 Å². The van der Waals surface area contributed by atoms with Gasteiger partial charge < -0.3 is 9.84 Å². The van der Waals surface area contributed by atoms with E-state index in [2.05, 4.69) is 64.1 Å². The molecule has 3 aromatic carbocycles. The monoisotopic (exact) mass is 507 g/mol. The predicted molar refractivity (Wildman–Crippen MR) is 157 cm³/mol. The van der Waals surface area contributed by atoms with E-state index >= 15 is 0 Å². The highest BCUT2D eigenvalue weighted by Gasteiger charge is 2.52. The molecule has 0 spiro atoms. The zero-order valence-electron chi connectivity index (χ0n) is 23.6. The van der Waals surface area contributed by atoms with Gasteiger partial charge in [0.1, 0.15) is 11.5 Å². The minimum atomic E-state index is 0.0145. The van der Waals surface area contributed by atoms with E-state index in [0.717, 1.165) is 45.9 Å². The lowest BCUT2D eigenvalue weighted by Crippen LogP contribution is -2.48. The number of methoxy groups -OCH3 is 1. The Bertz CT molecular complexity index is 1360. The van der Waals surface area contributed by atoms with Gasteiger partial charge in [0.2, 0.25) is 0 Å². The molecule has 0 radical (unpaired) electrons. The Kier molecular flexibility index (Phi) is 6.17. The second kappa shape index (κ2) is 9.29. The number of phenolic OH excluding ortho intramolecular Hbond substituents is 1. The van der Waals surface area contributed by atoms with Gasteiger partial charge in [-0.15, -0.1) is 0 Å². The molecule has 0 unspecified atom stereocenters. The van der Waals surface area contributed by atoms with Crippen molar-refractivity contribution >= 4 is 11.9 Å². The summed E-state index contributed by atoms with van der Waals surface area (Å²) in [6, 6.07) is 19.0. The first-order chi connectivity index (χ1) is 18.1. The van der Waals surface area contributed by atoms with Gasteiger partial charge in [0.15, 0.2) is 0 Å². The molecule has 0 aliphatic heterocycles. The van der Waals surface area contributed by atoms with Crippen LogP contribution in [0.4, 0.5) is 5.69 Å². The summed E-state index contributed by atoms with van der Waals surface area (Å²) in [6.07, 6.45) is 9.77. The van der Waals surface area contributed by atoms with E-state index < -0.39 is 0 Å². The highest BCUT2D eigenvalue weighted by molar-refractivity contribution is 5.90. The summed E-state index contributed by atoms with van der Waals surface area (Å²) in [5.41, 5.74) is 7.54. The Labute approximate surface area is 228 Å². The number of para-hydroxylation sites is 1. The standard InChI is InChI=1S/C35H41NO2/c1-22-12-26(33(37)30(13-22)35-18-23-14-24(19-35)16-25(15-23)20-35)21-36-31-11-10-27(34(2,3)4)17-29(31)28-8-6-7-9-32(28)38-5/h6-13,17,21,23-25,37H,14-16,18-20H2,1-5H3. The first-order valence-electron chi connectivity index (χ1n) is 14.3. The smallest absolute Gasteiger partial charge is 0.128 e. The van der Waals surface area contributed by atoms with Gasteiger partial charge in [-0.2, -0.15) is 0 Å². The van der Waals surface area contributed by atoms with Gasteiger partial charge in [0.25, 0.3) is 0 Å². The average Bonchev–Trinajstić information content (AvgIpc) is 2.87. The lowest BCUT2D eigenvalue weighted by Gasteiger charge is -2.57. The lowest BCUT2D eigenvalue weighted by molar-refractivity contribution is -0.00616. The molecule has 4 bridgehead atoms. The van der Waals surface area contributed by atoms with Gasteiger partial charge in [0.05, 0.1) is 12.8 Å². The Morgan fingerprint density at radius 1 is 0.895 bits per heavy atom. The maximum absolute atomic E-state index is 11.7. The molecule has 4 aliphatic carbocycles. The van der Waals surface area contributed by atoms with Crippen molar-refractivity contribution in [2.24, 2.45) is 22.7 Å². The van der Waals surface area contributed by atoms with Crippen LogP contribution in [0.5, 0.6) is 11.5 Å². The van der Waals surface area contributed by atoms with E-state index in [-0.39, 0.29) is 10.8 Å². The number of rotatable bonds is 5. The van der Waals surface area contributed by atoms with E-state index in [9.17, 15) is 5.11 Å². The number of hydrogen-bond donors (Lipinski definition) is 1. The second-order valence-electron chi connectivity index (χ2n) is 13.4. The maximum atomic E-state index is 11.7. The van der Waals surface area contributed by atoms with Crippen LogP contribution >= 0.6 is 0 Å². The largest absolute Gasteiger partial charge is 0.507 e. The van der Waals surface area contributed by atoms with Crippen molar-refractivity contribution < 1.29 is 9.84 Å². The van der Waals surface area contributed by atoms with Gasteiger partial charge in [0, 0.05) is 28.5 Å². The third-order valence-corrected chi connectivity index (χ3v) is 9.50. The number of benzene rings is 3. The molecule has 0 heterocycles. The molecule has 0 aromatic heterocycles. The van der Waals surface area contributed by atoms with Crippen LogP contribution in [0.2, 0.25) is 0 Å². The number of aliphatic imine (C=N–C) groups is 1. The number of phenols is 1. The molecule has 38 heavy (non-hydrogen) atoms. The lowest BCUT2D eigenvalue weighted by atomic mass is 9.48. The summed E-state index contributed by atoms with van der Waals surface area (Å²) in [4.78, 5) is 5.00. The summed E-state index contributed by atoms with van der Waals surface area (Å²) in [5.74, 6) is 3.78. The number of hydrogen-bond acceptors (Lipinski definition) is 3. The summed E-state index contributed by atoms with van der Waals surface area (Å²) in [5, 5.41) is 11.7. The fraction of sp³-hybridized carbons (Fsp3) is 0.457. The summed E-state index contributed by atoms with van der Waals surface area (Å²) < 4.78 is 5.72. The molecule has 3 nitrogen and oxygen atoms in total. The summed E-state index contributed by atoms with van der Waals surface area (Å²) in [6.45, 7) is 8.84. The number of nitrogens with zero attached hydrogens (tertiary/aromatic N) is 1. The van der Waals surface area contributed by atoms with Crippen molar-refractivity contribution in [3.05, 3.63) is 76.9 Å². The molecular weight excluding hydrogens is 466 g/mol. The molecule has 4 fully saturated rings. The summed E-state index contributed by atoms with van der Waals surface area (Å²) >= 11 is 0. The van der Waals surface area contributed by atoms with E-state index in [4.69, 9.17) is 9.73 Å². The Morgan fingerprint density at radius 3 is 2.18 bits per heavy atom. The van der Waals surface area contributed by atoms with Crippen LogP contribution in [0.25, 0.3) is 11.1 Å². The molecule has 0 atom stereocenters. The van der Waals surface area contributed by atoms with Crippen molar-refractivity contribution in [3.8, 4) is 22.6 Å². The van der Waals surface area contributed by atoms with E-state index in [1.54, 1.807) is 7.11 Å². The average molecular weight is 508 g/mol. The highest BCUT2D eigenvalue weighted by Crippen LogP contribution is 2.62. The minimum absolute atomic E-state index is 0.0145. The van der Waals surface area contributed by atoms with Crippen LogP contribution in [-0.4, -0.2) is 18.4 Å².